The van der Waals surface area contributed by atoms with Gasteiger partial charge in [0.1, 0.15) is 17.8 Å². The number of piperidine rings is 1. The summed E-state index contributed by atoms with van der Waals surface area (Å²) >= 11 is 0. The van der Waals surface area contributed by atoms with Crippen LogP contribution in [0, 0.1) is 27.4 Å². The molecule has 182 valence electrons. The van der Waals surface area contributed by atoms with Crippen LogP contribution in [0.2, 0.25) is 0 Å². The molecule has 34 heavy (non-hydrogen) atoms. The highest BCUT2D eigenvalue weighted by Gasteiger charge is 2.70. The van der Waals surface area contributed by atoms with Crippen LogP contribution in [0.5, 0.6) is 5.75 Å². The van der Waals surface area contributed by atoms with Gasteiger partial charge in [0.25, 0.3) is 5.69 Å². The molecule has 1 saturated carbocycles. The van der Waals surface area contributed by atoms with Crippen LogP contribution in [0.25, 0.3) is 0 Å². The van der Waals surface area contributed by atoms with Gasteiger partial charge in [0, 0.05) is 24.6 Å². The highest BCUT2D eigenvalue weighted by molar-refractivity contribution is 5.93. The van der Waals surface area contributed by atoms with E-state index in [4.69, 9.17) is 9.47 Å². The molecule has 1 aromatic carbocycles. The summed E-state index contributed by atoms with van der Waals surface area (Å²) in [6.45, 7) is 4.60. The van der Waals surface area contributed by atoms with Gasteiger partial charge in [-0.1, -0.05) is 19.9 Å². The van der Waals surface area contributed by atoms with Gasteiger partial charge in [0.2, 0.25) is 5.91 Å². The number of fused-ring (bicyclic) bond motifs is 1. The number of hydrogen-bond donors (Lipinski definition) is 1. The van der Waals surface area contributed by atoms with Gasteiger partial charge in [-0.2, -0.15) is 0 Å². The maximum Gasteiger partial charge on any atom is 0.413 e. The Hall–Kier alpha value is -3.43. The molecule has 2 fully saturated rings. The van der Waals surface area contributed by atoms with E-state index in [1.54, 1.807) is 4.90 Å². The van der Waals surface area contributed by atoms with Crippen LogP contribution in [-0.4, -0.2) is 53.5 Å². The number of likely N-dealkylation sites (tertiary alicyclic amines) is 1. The number of nitrogens with zero attached hydrogens (tertiary/aromatic N) is 2. The number of methoxy groups -OCH3 is 1. The van der Waals surface area contributed by atoms with Gasteiger partial charge in [-0.15, -0.1) is 0 Å². The quantitative estimate of drug-likeness (QED) is 0.292. The summed E-state index contributed by atoms with van der Waals surface area (Å²) in [6.07, 6.45) is 4.47. The SMILES string of the molecule is COC(=O)[C@@H]1[C@@H]2[C@H](CN1C(=O)[C@@H](NC(=O)Oc1ccc([N+](=O)[O-])cc1)C1=CCCCC1)C2(C)C. The van der Waals surface area contributed by atoms with E-state index in [1.807, 2.05) is 6.08 Å². The molecule has 0 spiro atoms. The van der Waals surface area contributed by atoms with Gasteiger partial charge in [0.15, 0.2) is 0 Å². The van der Waals surface area contributed by atoms with Crippen molar-refractivity contribution in [2.24, 2.45) is 17.3 Å². The molecule has 10 heteroatoms. The van der Waals surface area contributed by atoms with Crippen molar-refractivity contribution in [2.45, 2.75) is 51.6 Å². The van der Waals surface area contributed by atoms with E-state index in [0.717, 1.165) is 24.8 Å². The number of nitrogens with one attached hydrogen (secondary N) is 1. The Balaban J connectivity index is 1.52. The number of non-ortho nitro benzene ring substituents is 1. The monoisotopic (exact) mass is 471 g/mol. The Morgan fingerprint density at radius 2 is 1.91 bits per heavy atom. The van der Waals surface area contributed by atoms with E-state index in [2.05, 4.69) is 19.2 Å². The van der Waals surface area contributed by atoms with Gasteiger partial charge >= 0.3 is 12.1 Å². The van der Waals surface area contributed by atoms with Crippen molar-refractivity contribution in [3.63, 3.8) is 0 Å². The van der Waals surface area contributed by atoms with Gasteiger partial charge in [-0.3, -0.25) is 14.9 Å². The normalized spacial score (nSPS) is 25.4. The number of amides is 2. The van der Waals surface area contributed by atoms with Crippen molar-refractivity contribution >= 4 is 23.7 Å². The van der Waals surface area contributed by atoms with Crippen LogP contribution in [0.4, 0.5) is 10.5 Å². The van der Waals surface area contributed by atoms with Crippen LogP contribution in [0.15, 0.2) is 35.9 Å². The Kier molecular flexibility index (Phi) is 6.33. The van der Waals surface area contributed by atoms with E-state index in [1.165, 1.54) is 31.4 Å². The second-order valence-electron chi connectivity index (χ2n) is 9.65. The van der Waals surface area contributed by atoms with Gasteiger partial charge in [0.05, 0.1) is 12.0 Å². The molecule has 4 atom stereocenters. The minimum atomic E-state index is -0.960. The lowest BCUT2D eigenvalue weighted by Crippen LogP contribution is -2.55. The maximum atomic E-state index is 13.7. The molecule has 0 bridgehead atoms. The number of nitro benzene ring substituents is 1. The summed E-state index contributed by atoms with van der Waals surface area (Å²) in [5.74, 6) is -0.461. The third-order valence-corrected chi connectivity index (χ3v) is 7.40. The molecule has 10 nitrogen and oxygen atoms in total. The Labute approximate surface area is 197 Å². The Morgan fingerprint density at radius 1 is 1.21 bits per heavy atom. The topological polar surface area (TPSA) is 128 Å². The predicted molar refractivity (Wildman–Crippen MR) is 121 cm³/mol. The minimum Gasteiger partial charge on any atom is -0.467 e. The van der Waals surface area contributed by atoms with E-state index < -0.39 is 29.1 Å². The Bertz CT molecular complexity index is 1030. The average molecular weight is 472 g/mol. The van der Waals surface area contributed by atoms with Crippen LogP contribution in [-0.2, 0) is 14.3 Å². The van der Waals surface area contributed by atoms with Crippen LogP contribution in [0.3, 0.4) is 0 Å². The molecular weight excluding hydrogens is 442 g/mol. The lowest BCUT2D eigenvalue weighted by Gasteiger charge is -2.33. The molecule has 1 aromatic rings. The van der Waals surface area contributed by atoms with E-state index in [9.17, 15) is 24.5 Å². The van der Waals surface area contributed by atoms with Crippen molar-refractivity contribution in [1.82, 2.24) is 10.2 Å². The highest BCUT2D eigenvalue weighted by atomic mass is 16.6. The van der Waals surface area contributed by atoms with Crippen LogP contribution in [0.1, 0.15) is 39.5 Å². The number of carbonyl (C=O) groups is 3. The number of rotatable bonds is 6. The summed E-state index contributed by atoms with van der Waals surface area (Å²) in [6, 6.07) is 3.45. The van der Waals surface area contributed by atoms with Crippen LogP contribution < -0.4 is 10.1 Å². The summed E-state index contributed by atoms with van der Waals surface area (Å²) < 4.78 is 10.3. The number of nitro groups is 1. The summed E-state index contributed by atoms with van der Waals surface area (Å²) in [5, 5.41) is 13.5. The number of esters is 1. The third kappa shape index (κ3) is 4.36. The zero-order valence-corrected chi connectivity index (χ0v) is 19.5. The smallest absolute Gasteiger partial charge is 0.413 e. The van der Waals surface area contributed by atoms with Gasteiger partial charge in [-0.25, -0.2) is 9.59 Å². The number of hydrogen-bond acceptors (Lipinski definition) is 7. The highest BCUT2D eigenvalue weighted by Crippen LogP contribution is 2.65. The molecule has 1 saturated heterocycles. The fraction of sp³-hybridized carbons (Fsp3) is 0.542. The van der Waals surface area contributed by atoms with Crippen molar-refractivity contribution in [3.8, 4) is 5.75 Å². The first kappa shape index (κ1) is 23.7. The average Bonchev–Trinajstić information content (AvgIpc) is 3.16. The zero-order valence-electron chi connectivity index (χ0n) is 19.5. The molecule has 0 unspecified atom stereocenters. The van der Waals surface area contributed by atoms with E-state index >= 15 is 0 Å². The lowest BCUT2D eigenvalue weighted by molar-refractivity contribution is -0.384. The van der Waals surface area contributed by atoms with Crippen molar-refractivity contribution in [3.05, 3.63) is 46.0 Å². The molecule has 2 aliphatic carbocycles. The molecule has 1 N–H and O–H groups in total. The molecule has 4 rings (SSSR count). The molecule has 1 aliphatic heterocycles. The maximum absolute atomic E-state index is 13.7. The molecule has 1 heterocycles. The first-order valence-corrected chi connectivity index (χ1v) is 11.4. The first-order valence-electron chi connectivity index (χ1n) is 11.4. The number of carbonyl (C=O) groups excluding carboxylic acids is 3. The van der Waals surface area contributed by atoms with Crippen molar-refractivity contribution in [1.29, 1.82) is 0 Å². The number of benzene rings is 1. The first-order chi connectivity index (χ1) is 16.1. The largest absolute Gasteiger partial charge is 0.467 e. The van der Waals surface area contributed by atoms with Gasteiger partial charge < -0.3 is 19.7 Å². The fourth-order valence-corrected chi connectivity index (χ4v) is 5.40. The Morgan fingerprint density at radius 3 is 2.50 bits per heavy atom. The number of ether oxygens (including phenoxy) is 2. The molecular formula is C24H29N3O7. The third-order valence-electron chi connectivity index (χ3n) is 7.40. The molecule has 3 aliphatic rings. The summed E-state index contributed by atoms with van der Waals surface area (Å²) in [7, 11) is 1.31. The predicted octanol–water partition coefficient (Wildman–Crippen LogP) is 3.21. The second-order valence-corrected chi connectivity index (χ2v) is 9.65. The lowest BCUT2D eigenvalue weighted by atomic mass is 9.92. The van der Waals surface area contributed by atoms with E-state index in [0.29, 0.717) is 13.0 Å². The fourth-order valence-electron chi connectivity index (χ4n) is 5.40. The molecule has 0 aromatic heterocycles. The standard InChI is InChI=1S/C24H29N3O7/c1-24(2)17-13-26(20(18(17)24)22(29)33-3)21(28)19(14-7-5-4-6-8-14)25-23(30)34-16-11-9-15(10-12-16)27(31)32/h7,9-12,17-20H,4-6,8,13H2,1-3H3,(H,25,30)/t17-,18-,19-,20-/m0/s1. The summed E-state index contributed by atoms with van der Waals surface area (Å²) in [5.41, 5.74) is 0.621. The zero-order chi connectivity index (χ0) is 24.6. The van der Waals surface area contributed by atoms with Crippen LogP contribution >= 0.6 is 0 Å². The van der Waals surface area contributed by atoms with Crippen molar-refractivity contribution < 1.29 is 28.8 Å². The minimum absolute atomic E-state index is 0.0250. The summed E-state index contributed by atoms with van der Waals surface area (Å²) in [4.78, 5) is 50.8. The molecule has 0 radical (unpaired) electrons. The molecule has 2 amide bonds. The van der Waals surface area contributed by atoms with Gasteiger partial charge in [-0.05, 0) is 54.7 Å². The number of allylic oxidation sites excluding steroid dienone is 1. The second kappa shape index (κ2) is 9.08. The van der Waals surface area contributed by atoms with E-state index in [-0.39, 0.29) is 34.6 Å². The van der Waals surface area contributed by atoms with Crippen molar-refractivity contribution in [2.75, 3.05) is 13.7 Å².